The minimum Gasteiger partial charge on any atom is -0.330 e. The second-order valence-electron chi connectivity index (χ2n) is 5.87. The van der Waals surface area contributed by atoms with Gasteiger partial charge in [0.25, 0.3) is 5.91 Å². The first kappa shape index (κ1) is 17.7. The number of thiazole rings is 1. The Labute approximate surface area is 136 Å². The van der Waals surface area contributed by atoms with Crippen LogP contribution in [0.2, 0.25) is 0 Å². The molecule has 0 unspecified atom stereocenters. The summed E-state index contributed by atoms with van der Waals surface area (Å²) >= 11 is 1.27. The van der Waals surface area contributed by atoms with Gasteiger partial charge in [-0.2, -0.15) is 13.2 Å². The van der Waals surface area contributed by atoms with Gasteiger partial charge in [-0.3, -0.25) is 9.59 Å². The summed E-state index contributed by atoms with van der Waals surface area (Å²) in [6.07, 6.45) is -2.20. The molecule has 9 heteroatoms. The molecule has 128 valence electrons. The lowest BCUT2D eigenvalue weighted by atomic mass is 10.1. The third-order valence-corrected chi connectivity index (χ3v) is 4.33. The Morgan fingerprint density at radius 2 is 2.09 bits per heavy atom. The fraction of sp³-hybridized carbons (Fsp3) is 0.643. The first-order chi connectivity index (χ1) is 10.7. The van der Waals surface area contributed by atoms with E-state index in [1.54, 1.807) is 0 Å². The standard InChI is InChI=1S/C14H18F3N3O2S/c1-9(2)5-11-18-6-10(23-11)13(22)19-3-4-20(12(21)7-19)8-14(15,16)17/h6,9H,3-5,7-8H2,1-2H3. The van der Waals surface area contributed by atoms with Gasteiger partial charge in [-0.15, -0.1) is 11.3 Å². The molecular weight excluding hydrogens is 331 g/mol. The largest absolute Gasteiger partial charge is 0.406 e. The van der Waals surface area contributed by atoms with Gasteiger partial charge in [0, 0.05) is 19.5 Å². The van der Waals surface area contributed by atoms with Crippen LogP contribution in [0.1, 0.15) is 28.5 Å². The summed E-state index contributed by atoms with van der Waals surface area (Å²) < 4.78 is 37.1. The lowest BCUT2D eigenvalue weighted by Crippen LogP contribution is -2.54. The van der Waals surface area contributed by atoms with E-state index in [4.69, 9.17) is 0 Å². The zero-order chi connectivity index (χ0) is 17.2. The van der Waals surface area contributed by atoms with Gasteiger partial charge in [-0.1, -0.05) is 13.8 Å². The monoisotopic (exact) mass is 349 g/mol. The summed E-state index contributed by atoms with van der Waals surface area (Å²) in [4.78, 5) is 30.7. The molecule has 0 atom stereocenters. The molecule has 0 aromatic carbocycles. The number of rotatable bonds is 4. The molecule has 0 aliphatic carbocycles. The number of halogens is 3. The fourth-order valence-electron chi connectivity index (χ4n) is 2.27. The van der Waals surface area contributed by atoms with E-state index < -0.39 is 18.6 Å². The predicted octanol–water partition coefficient (Wildman–Crippen LogP) is 2.19. The average molecular weight is 349 g/mol. The molecule has 1 aromatic rings. The Morgan fingerprint density at radius 3 is 2.65 bits per heavy atom. The third kappa shape index (κ3) is 4.92. The molecular formula is C14H18F3N3O2S. The second kappa shape index (κ2) is 6.86. The van der Waals surface area contributed by atoms with Gasteiger partial charge in [0.15, 0.2) is 0 Å². The fourth-order valence-corrected chi connectivity index (χ4v) is 3.37. The minimum atomic E-state index is -4.43. The average Bonchev–Trinajstić information content (AvgIpc) is 2.86. The number of nitrogens with zero attached hydrogens (tertiary/aromatic N) is 3. The summed E-state index contributed by atoms with van der Waals surface area (Å²) in [7, 11) is 0. The highest BCUT2D eigenvalue weighted by molar-refractivity contribution is 7.13. The van der Waals surface area contributed by atoms with Crippen molar-refractivity contribution in [2.45, 2.75) is 26.4 Å². The van der Waals surface area contributed by atoms with Crippen LogP contribution in [0.4, 0.5) is 13.2 Å². The van der Waals surface area contributed by atoms with Crippen LogP contribution in [0.3, 0.4) is 0 Å². The van der Waals surface area contributed by atoms with E-state index in [1.165, 1.54) is 22.4 Å². The Kier molecular flexibility index (Phi) is 5.28. The van der Waals surface area contributed by atoms with E-state index in [9.17, 15) is 22.8 Å². The summed E-state index contributed by atoms with van der Waals surface area (Å²) in [6.45, 7) is 2.47. The second-order valence-corrected chi connectivity index (χ2v) is 6.99. The van der Waals surface area contributed by atoms with Gasteiger partial charge in [-0.05, 0) is 5.92 Å². The zero-order valence-corrected chi connectivity index (χ0v) is 13.7. The van der Waals surface area contributed by atoms with Crippen molar-refractivity contribution in [2.24, 2.45) is 5.92 Å². The maximum Gasteiger partial charge on any atom is 0.406 e. The van der Waals surface area contributed by atoms with Gasteiger partial charge < -0.3 is 9.80 Å². The van der Waals surface area contributed by atoms with Crippen LogP contribution in [-0.2, 0) is 11.2 Å². The molecule has 0 saturated carbocycles. The summed E-state index contributed by atoms with van der Waals surface area (Å²) in [5.74, 6) is -0.622. The first-order valence-corrected chi connectivity index (χ1v) is 8.06. The molecule has 5 nitrogen and oxygen atoms in total. The molecule has 1 saturated heterocycles. The highest BCUT2D eigenvalue weighted by Crippen LogP contribution is 2.21. The van der Waals surface area contributed by atoms with E-state index in [2.05, 4.69) is 4.98 Å². The van der Waals surface area contributed by atoms with Gasteiger partial charge in [0.1, 0.15) is 18.0 Å². The van der Waals surface area contributed by atoms with Crippen molar-refractivity contribution in [1.29, 1.82) is 0 Å². The van der Waals surface area contributed by atoms with E-state index >= 15 is 0 Å². The van der Waals surface area contributed by atoms with Crippen LogP contribution in [0.25, 0.3) is 0 Å². The zero-order valence-electron chi connectivity index (χ0n) is 12.9. The van der Waals surface area contributed by atoms with Crippen molar-refractivity contribution in [1.82, 2.24) is 14.8 Å². The first-order valence-electron chi connectivity index (χ1n) is 7.24. The number of carbonyl (C=O) groups excluding carboxylic acids is 2. The van der Waals surface area contributed by atoms with Crippen molar-refractivity contribution in [2.75, 3.05) is 26.2 Å². The van der Waals surface area contributed by atoms with E-state index in [1.807, 2.05) is 13.8 Å². The van der Waals surface area contributed by atoms with Gasteiger partial charge in [0.05, 0.1) is 11.2 Å². The minimum absolute atomic E-state index is 0.0953. The highest BCUT2D eigenvalue weighted by atomic mass is 32.1. The topological polar surface area (TPSA) is 53.5 Å². The maximum absolute atomic E-state index is 12.4. The van der Waals surface area contributed by atoms with E-state index in [0.29, 0.717) is 10.8 Å². The van der Waals surface area contributed by atoms with Gasteiger partial charge in [-0.25, -0.2) is 4.98 Å². The van der Waals surface area contributed by atoms with Crippen LogP contribution in [0.15, 0.2) is 6.20 Å². The quantitative estimate of drug-likeness (QED) is 0.837. The SMILES string of the molecule is CC(C)Cc1ncc(C(=O)N2CCN(CC(F)(F)F)C(=O)C2)s1. The van der Waals surface area contributed by atoms with Crippen molar-refractivity contribution in [3.05, 3.63) is 16.1 Å². The molecule has 1 fully saturated rings. The smallest absolute Gasteiger partial charge is 0.330 e. The number of alkyl halides is 3. The number of amides is 2. The van der Waals surface area contributed by atoms with E-state index in [-0.39, 0.29) is 25.5 Å². The Bertz CT molecular complexity index is 586. The lowest BCUT2D eigenvalue weighted by molar-refractivity contribution is -0.164. The van der Waals surface area contributed by atoms with Crippen molar-refractivity contribution >= 4 is 23.2 Å². The molecule has 2 rings (SSSR count). The summed E-state index contributed by atoms with van der Waals surface area (Å²) in [5, 5.41) is 0.838. The Hall–Kier alpha value is -1.64. The molecule has 0 bridgehead atoms. The maximum atomic E-state index is 12.4. The molecule has 2 heterocycles. The van der Waals surface area contributed by atoms with Crippen LogP contribution < -0.4 is 0 Å². The van der Waals surface area contributed by atoms with Crippen LogP contribution in [-0.4, -0.2) is 59.0 Å². The summed E-state index contributed by atoms with van der Waals surface area (Å²) in [6, 6.07) is 0. The number of hydrogen-bond donors (Lipinski definition) is 0. The van der Waals surface area contributed by atoms with E-state index in [0.717, 1.165) is 16.3 Å². The number of piperazine rings is 1. The molecule has 1 aromatic heterocycles. The number of aromatic nitrogens is 1. The lowest BCUT2D eigenvalue weighted by Gasteiger charge is -2.34. The van der Waals surface area contributed by atoms with Crippen LogP contribution in [0.5, 0.6) is 0 Å². The molecule has 0 spiro atoms. The van der Waals surface area contributed by atoms with Crippen LogP contribution in [0, 0.1) is 5.92 Å². The predicted molar refractivity (Wildman–Crippen MR) is 79.2 cm³/mol. The molecule has 23 heavy (non-hydrogen) atoms. The van der Waals surface area contributed by atoms with Crippen molar-refractivity contribution in [3.8, 4) is 0 Å². The third-order valence-electron chi connectivity index (χ3n) is 3.32. The summed E-state index contributed by atoms with van der Waals surface area (Å²) in [5.41, 5.74) is 0. The number of hydrogen-bond acceptors (Lipinski definition) is 4. The Balaban J connectivity index is 1.97. The van der Waals surface area contributed by atoms with Gasteiger partial charge in [0.2, 0.25) is 5.91 Å². The molecule has 1 aliphatic rings. The highest BCUT2D eigenvalue weighted by Gasteiger charge is 2.36. The van der Waals surface area contributed by atoms with Crippen molar-refractivity contribution < 1.29 is 22.8 Å². The van der Waals surface area contributed by atoms with Crippen LogP contribution >= 0.6 is 11.3 Å². The molecule has 0 radical (unpaired) electrons. The Morgan fingerprint density at radius 1 is 1.39 bits per heavy atom. The molecule has 1 aliphatic heterocycles. The van der Waals surface area contributed by atoms with Gasteiger partial charge >= 0.3 is 6.18 Å². The molecule has 2 amide bonds. The normalized spacial score (nSPS) is 16.3. The van der Waals surface area contributed by atoms with Crippen molar-refractivity contribution in [3.63, 3.8) is 0 Å². The number of carbonyl (C=O) groups is 2. The molecule has 0 N–H and O–H groups in total.